The Labute approximate surface area is 154 Å². The van der Waals surface area contributed by atoms with Crippen molar-refractivity contribution >= 4 is 11.0 Å². The van der Waals surface area contributed by atoms with Gasteiger partial charge in [0.05, 0.1) is 12.2 Å². The van der Waals surface area contributed by atoms with Gasteiger partial charge in [-0.1, -0.05) is 0 Å². The van der Waals surface area contributed by atoms with E-state index in [9.17, 15) is 9.18 Å². The molecule has 8 nitrogen and oxygen atoms in total. The molecule has 9 heteroatoms. The van der Waals surface area contributed by atoms with Gasteiger partial charge < -0.3 is 9.40 Å². The molecule has 0 spiro atoms. The van der Waals surface area contributed by atoms with Gasteiger partial charge in [0.15, 0.2) is 5.65 Å². The van der Waals surface area contributed by atoms with Crippen molar-refractivity contribution in [1.29, 1.82) is 0 Å². The van der Waals surface area contributed by atoms with Gasteiger partial charge >= 0.3 is 0 Å². The van der Waals surface area contributed by atoms with Gasteiger partial charge in [-0.05, 0) is 45.4 Å². The van der Waals surface area contributed by atoms with Crippen molar-refractivity contribution < 1.29 is 8.81 Å². The first-order chi connectivity index (χ1) is 13.0. The Hall–Kier alpha value is -2.58. The van der Waals surface area contributed by atoms with E-state index in [0.29, 0.717) is 48.4 Å². The van der Waals surface area contributed by atoms with Crippen molar-refractivity contribution in [3.05, 3.63) is 34.7 Å². The molecule has 5 rings (SSSR count). The highest BCUT2D eigenvalue weighted by Gasteiger charge is 2.39. The van der Waals surface area contributed by atoms with Crippen molar-refractivity contribution in [1.82, 2.24) is 29.9 Å². The van der Waals surface area contributed by atoms with Crippen LogP contribution in [0.15, 0.2) is 21.8 Å². The Morgan fingerprint density at radius 3 is 2.70 bits per heavy atom. The lowest BCUT2D eigenvalue weighted by Crippen LogP contribution is -2.29. The van der Waals surface area contributed by atoms with Gasteiger partial charge in [0.25, 0.3) is 5.56 Å². The van der Waals surface area contributed by atoms with Crippen LogP contribution >= 0.6 is 0 Å². The van der Waals surface area contributed by atoms with Gasteiger partial charge in [0.2, 0.25) is 12.3 Å². The first-order valence-electron chi connectivity index (χ1n) is 9.44. The molecule has 3 aromatic rings. The number of hydrogen-bond acceptors (Lipinski definition) is 6. The normalized spacial score (nSPS) is 31.1. The van der Waals surface area contributed by atoms with E-state index in [4.69, 9.17) is 9.40 Å². The van der Waals surface area contributed by atoms with Crippen LogP contribution in [0.1, 0.15) is 75.0 Å². The lowest BCUT2D eigenvalue weighted by Gasteiger charge is -2.33. The van der Waals surface area contributed by atoms with Crippen LogP contribution in [0, 0.1) is 0 Å². The van der Waals surface area contributed by atoms with E-state index in [1.165, 1.54) is 6.39 Å². The van der Waals surface area contributed by atoms with E-state index in [-0.39, 0.29) is 23.4 Å². The van der Waals surface area contributed by atoms with E-state index < -0.39 is 5.67 Å². The largest absolute Gasteiger partial charge is 0.428 e. The van der Waals surface area contributed by atoms with Crippen LogP contribution in [-0.2, 0) is 0 Å². The maximum Gasteiger partial charge on any atom is 0.262 e. The second kappa shape index (κ2) is 5.97. The molecule has 3 heterocycles. The quantitative estimate of drug-likeness (QED) is 0.758. The van der Waals surface area contributed by atoms with Crippen LogP contribution in [0.5, 0.6) is 0 Å². The second-order valence-electron chi connectivity index (χ2n) is 7.99. The summed E-state index contributed by atoms with van der Waals surface area (Å²) in [5.41, 5.74) is -0.723. The molecule has 0 aromatic carbocycles. The average molecular weight is 372 g/mol. The molecule has 3 aromatic heterocycles. The van der Waals surface area contributed by atoms with Gasteiger partial charge in [-0.2, -0.15) is 5.10 Å². The summed E-state index contributed by atoms with van der Waals surface area (Å²) in [6, 6.07) is 0.0709. The molecule has 0 saturated heterocycles. The number of nitrogens with one attached hydrogen (secondary N) is 1. The van der Waals surface area contributed by atoms with E-state index >= 15 is 0 Å². The zero-order chi connectivity index (χ0) is 18.6. The predicted molar refractivity (Wildman–Crippen MR) is 94.2 cm³/mol. The van der Waals surface area contributed by atoms with Crippen molar-refractivity contribution in [2.45, 2.75) is 69.0 Å². The summed E-state index contributed by atoms with van der Waals surface area (Å²) in [4.78, 5) is 20.2. The third-order valence-electron chi connectivity index (χ3n) is 6.14. The predicted octanol–water partition coefficient (Wildman–Crippen LogP) is 3.01. The fourth-order valence-corrected chi connectivity index (χ4v) is 4.31. The number of alkyl halides is 1. The number of aromatic nitrogens is 6. The highest BCUT2D eigenvalue weighted by molar-refractivity contribution is 5.73. The number of aromatic amines is 1. The van der Waals surface area contributed by atoms with Crippen LogP contribution in [0.4, 0.5) is 4.39 Å². The SMILES string of the molecule is CC1(F)CCC(n2ncc3c(=O)[nH]c([C@H]4CC[C@H]4c4nnco4)nc32)CC1. The molecule has 0 amide bonds. The number of H-pyrrole nitrogens is 1. The highest BCUT2D eigenvalue weighted by Crippen LogP contribution is 2.47. The molecule has 0 unspecified atom stereocenters. The molecule has 2 aliphatic rings. The van der Waals surface area contributed by atoms with Crippen LogP contribution in [0.25, 0.3) is 11.0 Å². The summed E-state index contributed by atoms with van der Waals surface area (Å²) in [5.74, 6) is 1.34. The van der Waals surface area contributed by atoms with E-state index in [1.54, 1.807) is 13.1 Å². The van der Waals surface area contributed by atoms with E-state index in [2.05, 4.69) is 20.3 Å². The minimum absolute atomic E-state index is 0.0476. The number of hydrogen-bond donors (Lipinski definition) is 1. The maximum absolute atomic E-state index is 14.1. The molecule has 2 saturated carbocycles. The first-order valence-corrected chi connectivity index (χ1v) is 9.44. The van der Waals surface area contributed by atoms with Crippen molar-refractivity contribution in [2.24, 2.45) is 0 Å². The number of rotatable bonds is 3. The molecular weight excluding hydrogens is 351 g/mol. The van der Waals surface area contributed by atoms with Crippen molar-refractivity contribution in [2.75, 3.05) is 0 Å². The van der Waals surface area contributed by atoms with E-state index in [0.717, 1.165) is 12.8 Å². The smallest absolute Gasteiger partial charge is 0.262 e. The van der Waals surface area contributed by atoms with Gasteiger partial charge in [-0.3, -0.25) is 4.79 Å². The zero-order valence-electron chi connectivity index (χ0n) is 15.1. The number of fused-ring (bicyclic) bond motifs is 1. The zero-order valence-corrected chi connectivity index (χ0v) is 15.1. The van der Waals surface area contributed by atoms with Crippen LogP contribution < -0.4 is 5.56 Å². The Morgan fingerprint density at radius 2 is 2.04 bits per heavy atom. The van der Waals surface area contributed by atoms with Crippen LogP contribution in [-0.4, -0.2) is 35.6 Å². The molecule has 0 radical (unpaired) electrons. The molecule has 27 heavy (non-hydrogen) atoms. The summed E-state index contributed by atoms with van der Waals surface area (Å²) >= 11 is 0. The third kappa shape index (κ3) is 2.76. The summed E-state index contributed by atoms with van der Waals surface area (Å²) in [6.45, 7) is 1.65. The molecule has 142 valence electrons. The lowest BCUT2D eigenvalue weighted by molar-refractivity contribution is 0.103. The molecule has 1 N–H and O–H groups in total. The van der Waals surface area contributed by atoms with Gasteiger partial charge in [-0.25, -0.2) is 14.1 Å². The van der Waals surface area contributed by atoms with Crippen LogP contribution in [0.3, 0.4) is 0 Å². The van der Waals surface area contributed by atoms with E-state index in [1.807, 2.05) is 4.68 Å². The molecule has 0 aliphatic heterocycles. The Morgan fingerprint density at radius 1 is 1.26 bits per heavy atom. The summed E-state index contributed by atoms with van der Waals surface area (Å²) in [5, 5.41) is 12.6. The monoisotopic (exact) mass is 372 g/mol. The topological polar surface area (TPSA) is 102 Å². The van der Waals surface area contributed by atoms with Crippen LogP contribution in [0.2, 0.25) is 0 Å². The Bertz CT molecular complexity index is 1010. The molecular formula is C18H21FN6O2. The van der Waals surface area contributed by atoms with Gasteiger partial charge in [0, 0.05) is 11.8 Å². The maximum atomic E-state index is 14.1. The molecule has 2 fully saturated rings. The summed E-state index contributed by atoms with van der Waals surface area (Å²) in [6.07, 6.45) is 7.09. The Kier molecular flexibility index (Phi) is 3.66. The minimum atomic E-state index is -1.11. The molecule has 2 atom stereocenters. The van der Waals surface area contributed by atoms with Crippen molar-refractivity contribution in [3.63, 3.8) is 0 Å². The highest BCUT2D eigenvalue weighted by atomic mass is 19.1. The average Bonchev–Trinajstić information content (AvgIpc) is 3.24. The number of halogens is 1. The van der Waals surface area contributed by atoms with Crippen molar-refractivity contribution in [3.8, 4) is 0 Å². The summed E-state index contributed by atoms with van der Waals surface area (Å²) in [7, 11) is 0. The molecule has 0 bridgehead atoms. The second-order valence-corrected chi connectivity index (χ2v) is 7.99. The lowest BCUT2D eigenvalue weighted by atomic mass is 9.73. The minimum Gasteiger partial charge on any atom is -0.428 e. The first kappa shape index (κ1) is 16.6. The number of nitrogens with zero attached hydrogens (tertiary/aromatic N) is 5. The standard InChI is InChI=1S/C18H21FN6O2/c1-18(19)6-4-10(5-7-18)25-15-13(8-21-25)16(26)23-14(22-15)11-2-3-12(11)17-24-20-9-27-17/h8-12H,2-7H2,1H3,(H,22,23,26)/t10?,11-,12+,18?/m0/s1. The van der Waals surface area contributed by atoms with Gasteiger partial charge in [-0.15, -0.1) is 10.2 Å². The fraction of sp³-hybridized carbons (Fsp3) is 0.611. The molecule has 2 aliphatic carbocycles. The Balaban J connectivity index is 1.50. The summed E-state index contributed by atoms with van der Waals surface area (Å²) < 4.78 is 21.3. The third-order valence-corrected chi connectivity index (χ3v) is 6.14. The fourth-order valence-electron chi connectivity index (χ4n) is 4.31. The van der Waals surface area contributed by atoms with Gasteiger partial charge in [0.1, 0.15) is 16.9 Å².